The predicted molar refractivity (Wildman–Crippen MR) is 407 cm³/mol. The second-order valence-electron chi connectivity index (χ2n) is 29.9. The molecule has 4 aliphatic heterocycles. The molecule has 4 heterocycles. The summed E-state index contributed by atoms with van der Waals surface area (Å²) in [5.41, 5.74) is -4.12. The Kier molecular flexibility index (Phi) is 42.6. The van der Waals surface area contributed by atoms with Crippen LogP contribution in [-0.2, 0) is 128 Å². The number of carbonyl (C=O) groups is 13. The van der Waals surface area contributed by atoms with E-state index in [0.29, 0.717) is 19.8 Å². The van der Waals surface area contributed by atoms with Gasteiger partial charge in [0.1, 0.15) is 67.6 Å². The van der Waals surface area contributed by atoms with Gasteiger partial charge in [0.2, 0.25) is 53.0 Å². The molecule has 4 aliphatic rings. The molecule has 9 amide bonds. The van der Waals surface area contributed by atoms with E-state index in [1.807, 2.05) is 0 Å². The summed E-state index contributed by atoms with van der Waals surface area (Å²) in [6, 6.07) is -5.67. The molecule has 0 aromatic carbocycles. The van der Waals surface area contributed by atoms with Crippen LogP contribution in [-0.4, -0.2) is 324 Å². The zero-order valence-electron chi connectivity index (χ0n) is 69.6. The van der Waals surface area contributed by atoms with Gasteiger partial charge in [0, 0.05) is 53.2 Å². The molecule has 0 aromatic heterocycles. The van der Waals surface area contributed by atoms with Gasteiger partial charge in [-0.1, -0.05) is 5.92 Å². The van der Waals surface area contributed by atoms with Crippen LogP contribution in [0.25, 0.3) is 0 Å². The highest BCUT2D eigenvalue weighted by molar-refractivity contribution is 6.02. The third-order valence-electron chi connectivity index (χ3n) is 15.3. The number of amides is 9. The molecular weight excluding hydrogens is 1570 g/mol. The number of alkyl carbamates (subject to hydrolysis) is 4. The second kappa shape index (κ2) is 50.4. The first kappa shape index (κ1) is 99.9. The average Bonchev–Trinajstić information content (AvgIpc) is 1.76. The van der Waals surface area contributed by atoms with Crippen LogP contribution in [0, 0.1) is 12.3 Å². The molecule has 664 valence electrons. The van der Waals surface area contributed by atoms with Crippen LogP contribution >= 0.6 is 0 Å². The highest BCUT2D eigenvalue weighted by Crippen LogP contribution is 2.32. The largest absolute Gasteiger partial charge is 0.508 e. The first-order valence-electron chi connectivity index (χ1n) is 37.8. The van der Waals surface area contributed by atoms with Gasteiger partial charge in [0.05, 0.1) is 104 Å². The van der Waals surface area contributed by atoms with Gasteiger partial charge in [-0.25, -0.2) is 48.3 Å². The summed E-state index contributed by atoms with van der Waals surface area (Å²) in [7, 11) is 2.10. The van der Waals surface area contributed by atoms with Crippen LogP contribution in [0.5, 0.6) is 0 Å². The normalized spacial score (nSPS) is 19.4. The van der Waals surface area contributed by atoms with Crippen LogP contribution in [0.4, 0.5) is 28.8 Å². The first-order chi connectivity index (χ1) is 55.6. The number of guanidine groups is 2. The SMILES string of the molecule is C#CCOCCOCCOCCOCCC(=O)N(CCOCCCNC(=O)COC([C@H]1COC(=O)O1)[C@@H]1OC(C(=O)OC)=C[C@H](N=C(NC(=O)OC(C)(C)C)NC(=O)OC(C)(C)C)[C@H]1NC(C)=O)CCOCCCNC(=O)CO[C@@H]([C@@H]1OC(C(=O)OC)=C[C@H](N=C(NC(=O)OC(C)(C)C)NC(=O)OC(C)(C)C)[C@H]1NC(C)=O)[C@H]1COC(=O)O1. The number of rotatable bonds is 43. The van der Waals surface area contributed by atoms with E-state index in [1.165, 1.54) is 4.90 Å². The van der Waals surface area contributed by atoms with Crippen molar-refractivity contribution in [1.82, 2.24) is 47.4 Å². The van der Waals surface area contributed by atoms with Crippen molar-refractivity contribution >= 4 is 90.1 Å². The predicted octanol–water partition coefficient (Wildman–Crippen LogP) is 1.26. The molecule has 44 heteroatoms. The molecule has 0 bridgehead atoms. The maximum atomic E-state index is 13.7. The minimum atomic E-state index is -1.57. The third kappa shape index (κ3) is 40.6. The highest BCUT2D eigenvalue weighted by atomic mass is 16.8. The van der Waals surface area contributed by atoms with Gasteiger partial charge in [-0.3, -0.25) is 45.2 Å². The highest BCUT2D eigenvalue weighted by Gasteiger charge is 2.51. The topological polar surface area (TPSA) is 531 Å². The van der Waals surface area contributed by atoms with Gasteiger partial charge < -0.3 is 121 Å². The van der Waals surface area contributed by atoms with E-state index in [-0.39, 0.29) is 111 Å². The van der Waals surface area contributed by atoms with Gasteiger partial charge in [-0.15, -0.1) is 6.42 Å². The number of hydrogen-bond acceptors (Lipinski definition) is 35. The number of nitrogens with one attached hydrogen (secondary N) is 8. The van der Waals surface area contributed by atoms with Crippen LogP contribution in [0.15, 0.2) is 33.7 Å². The summed E-state index contributed by atoms with van der Waals surface area (Å²) in [4.78, 5) is 181. The Balaban J connectivity index is 1.42. The Morgan fingerprint density at radius 3 is 1.14 bits per heavy atom. The smallest absolute Gasteiger partial charge is 0.478 e. The summed E-state index contributed by atoms with van der Waals surface area (Å²) in [5.74, 6) is -4.94. The zero-order valence-corrected chi connectivity index (χ0v) is 69.6. The lowest BCUT2D eigenvalue weighted by molar-refractivity contribution is -0.155. The molecule has 2 fully saturated rings. The Morgan fingerprint density at radius 2 is 0.831 bits per heavy atom. The molecule has 4 rings (SSSR count). The lowest BCUT2D eigenvalue weighted by atomic mass is 9.92. The Labute approximate surface area is 683 Å². The molecule has 1 unspecified atom stereocenters. The van der Waals surface area contributed by atoms with E-state index in [2.05, 4.69) is 58.4 Å². The number of cyclic esters (lactones) is 4. The minimum absolute atomic E-state index is 0.0306. The van der Waals surface area contributed by atoms with Gasteiger partial charge >= 0.3 is 48.6 Å². The van der Waals surface area contributed by atoms with E-state index in [1.54, 1.807) is 83.1 Å². The van der Waals surface area contributed by atoms with Gasteiger partial charge in [0.15, 0.2) is 24.4 Å². The fourth-order valence-corrected chi connectivity index (χ4v) is 10.6. The van der Waals surface area contributed by atoms with Crippen LogP contribution in [0.3, 0.4) is 0 Å². The molecule has 118 heavy (non-hydrogen) atoms. The summed E-state index contributed by atoms with van der Waals surface area (Å²) >= 11 is 0. The summed E-state index contributed by atoms with van der Waals surface area (Å²) in [5, 5.41) is 20.1. The van der Waals surface area contributed by atoms with Crippen LogP contribution in [0.2, 0.25) is 0 Å². The van der Waals surface area contributed by atoms with E-state index in [0.717, 1.165) is 40.2 Å². The monoisotopic (exact) mass is 1690 g/mol. The fraction of sp³-hybridized carbons (Fsp3) is 0.716. The van der Waals surface area contributed by atoms with Crippen molar-refractivity contribution in [2.75, 3.05) is 146 Å². The molecule has 10 atom stereocenters. The number of methoxy groups -OCH3 is 2. The van der Waals surface area contributed by atoms with Crippen molar-refractivity contribution in [3.63, 3.8) is 0 Å². The van der Waals surface area contributed by atoms with Crippen molar-refractivity contribution < 1.29 is 157 Å². The molecule has 2 saturated heterocycles. The Morgan fingerprint density at radius 1 is 0.492 bits per heavy atom. The third-order valence-corrected chi connectivity index (χ3v) is 15.3. The summed E-state index contributed by atoms with van der Waals surface area (Å²) in [6.07, 6.45) is -7.50. The standard InChI is InChI=1S/C74H115N11O33/c1-18-26-101-32-34-105-36-37-106-35-33-104-29-21-54(90)85(24-30-102-27-19-22-75-52(88)42-107-57(50-40-109-69(97)113-50)59-55(77-44(2)86)46(38-48(111-59)61(91)99-16)79-63(81-65(93)115-71(4,5)6)82-66(94)116-72(7,8)9)25-31-103-28-20-23-76-53(89)43-108-58(51-41-110-70(98)114-51)60-56(78-45(3)87)47(39-49(112-60)62(92)100-17)80-64(83-67(95)117-73(10,11)12)84-68(96)118-74(13,14)15/h1,38-39,46-47,50-51,55-60H,19-37,40-43H2,2-17H3,(H,75,88)(H,76,89)(H,77,86)(H,78,87)(H2,79,81,82,93,94)(H2,80,83,84,95,96)/t46-,47-,50+,51+,55+,56+,57+,58?,59+,60+/m0/s1. The Bertz CT molecular complexity index is 3260. The zero-order chi connectivity index (χ0) is 87.8. The maximum Gasteiger partial charge on any atom is 0.508 e. The molecule has 8 N–H and O–H groups in total. The van der Waals surface area contributed by atoms with Crippen LogP contribution in [0.1, 0.15) is 116 Å². The molecule has 0 aromatic rings. The fourth-order valence-electron chi connectivity index (χ4n) is 10.6. The average molecular weight is 1690 g/mol. The number of ether oxygens (including phenoxy) is 20. The van der Waals surface area contributed by atoms with E-state index in [4.69, 9.17) is 101 Å². The van der Waals surface area contributed by atoms with Crippen molar-refractivity contribution in [3.05, 3.63) is 23.7 Å². The molecule has 0 radical (unpaired) electrons. The number of terminal acetylenes is 1. The van der Waals surface area contributed by atoms with Crippen molar-refractivity contribution in [2.45, 2.75) is 199 Å². The van der Waals surface area contributed by atoms with Crippen molar-refractivity contribution in [2.24, 2.45) is 9.98 Å². The number of esters is 2. The maximum absolute atomic E-state index is 13.7. The summed E-state index contributed by atoms with van der Waals surface area (Å²) < 4.78 is 110. The number of carbonyl (C=O) groups excluding carboxylic acids is 13. The lowest BCUT2D eigenvalue weighted by Gasteiger charge is -2.40. The molecular formula is C74H115N11O33. The number of nitrogens with zero attached hydrogens (tertiary/aromatic N) is 3. The lowest BCUT2D eigenvalue weighted by Crippen LogP contribution is -2.61. The van der Waals surface area contributed by atoms with E-state index < -0.39 is 205 Å². The van der Waals surface area contributed by atoms with Gasteiger partial charge in [-0.2, -0.15) is 0 Å². The number of hydrogen-bond donors (Lipinski definition) is 8. The van der Waals surface area contributed by atoms with E-state index >= 15 is 0 Å². The second-order valence-corrected chi connectivity index (χ2v) is 29.9. The number of aliphatic imine (C=N–C) groups is 2. The van der Waals surface area contributed by atoms with Crippen molar-refractivity contribution in [3.8, 4) is 12.3 Å². The quantitative estimate of drug-likeness (QED) is 0.0106. The summed E-state index contributed by atoms with van der Waals surface area (Å²) in [6.45, 7) is 21.3. The van der Waals surface area contributed by atoms with Crippen LogP contribution < -0.4 is 42.5 Å². The molecule has 0 spiro atoms. The molecule has 0 saturated carbocycles. The minimum Gasteiger partial charge on any atom is -0.478 e. The van der Waals surface area contributed by atoms with Gasteiger partial charge in [0.25, 0.3) is 0 Å². The van der Waals surface area contributed by atoms with Crippen molar-refractivity contribution in [1.29, 1.82) is 0 Å². The van der Waals surface area contributed by atoms with E-state index in [9.17, 15) is 62.3 Å². The van der Waals surface area contributed by atoms with Gasteiger partial charge in [-0.05, 0) is 108 Å². The first-order valence-corrected chi connectivity index (χ1v) is 37.8. The molecule has 0 aliphatic carbocycles. The molecule has 44 nitrogen and oxygen atoms in total. The Hall–Kier alpha value is -10.4.